The molecule has 1 aliphatic rings. The highest BCUT2D eigenvalue weighted by atomic mass is 127. The van der Waals surface area contributed by atoms with Gasteiger partial charge in [-0.1, -0.05) is 32.6 Å². The predicted octanol–water partition coefficient (Wildman–Crippen LogP) is 4.06. The van der Waals surface area contributed by atoms with Crippen molar-refractivity contribution in [3.05, 3.63) is 21.9 Å². The number of guanidine groups is 1. The van der Waals surface area contributed by atoms with Crippen molar-refractivity contribution in [2.24, 2.45) is 10.7 Å². The Balaban J connectivity index is 0.00000200. The summed E-state index contributed by atoms with van der Waals surface area (Å²) in [6.07, 6.45) is 8.93. The Morgan fingerprint density at radius 2 is 1.90 bits per heavy atom. The lowest BCUT2D eigenvalue weighted by molar-refractivity contribution is 0.530. The van der Waals surface area contributed by atoms with E-state index in [0.717, 1.165) is 6.42 Å². The molecule has 0 aromatic carbocycles. The van der Waals surface area contributed by atoms with E-state index in [9.17, 15) is 0 Å². The number of halogens is 1. The lowest BCUT2D eigenvalue weighted by Crippen LogP contribution is -2.39. The van der Waals surface area contributed by atoms with Gasteiger partial charge < -0.3 is 11.1 Å². The molecule has 3 N–H and O–H groups in total. The minimum absolute atomic E-state index is 0. The first-order chi connectivity index (χ1) is 9.28. The van der Waals surface area contributed by atoms with E-state index in [0.29, 0.717) is 18.5 Å². The third-order valence-electron chi connectivity index (χ3n) is 3.68. The lowest BCUT2D eigenvalue weighted by Gasteiger charge is -2.16. The second-order valence-corrected chi connectivity index (χ2v) is 6.51. The number of aryl methyl sites for hydroxylation is 1. The van der Waals surface area contributed by atoms with E-state index in [2.05, 4.69) is 29.4 Å². The highest BCUT2D eigenvalue weighted by molar-refractivity contribution is 14.0. The van der Waals surface area contributed by atoms with Gasteiger partial charge in [0.1, 0.15) is 0 Å². The van der Waals surface area contributed by atoms with E-state index in [1.54, 1.807) is 0 Å². The number of hydrogen-bond donors (Lipinski definition) is 2. The van der Waals surface area contributed by atoms with Crippen LogP contribution in [0.25, 0.3) is 0 Å². The fourth-order valence-corrected chi connectivity index (χ4v) is 3.42. The fourth-order valence-electron chi connectivity index (χ4n) is 2.54. The van der Waals surface area contributed by atoms with Gasteiger partial charge in [-0.05, 0) is 31.4 Å². The van der Waals surface area contributed by atoms with Crippen LogP contribution in [0.15, 0.2) is 17.1 Å². The summed E-state index contributed by atoms with van der Waals surface area (Å²) in [6.45, 7) is 2.89. The van der Waals surface area contributed by atoms with E-state index < -0.39 is 0 Å². The summed E-state index contributed by atoms with van der Waals surface area (Å²) in [5.74, 6) is 0.610. The van der Waals surface area contributed by atoms with Crippen molar-refractivity contribution in [1.82, 2.24) is 5.32 Å². The van der Waals surface area contributed by atoms with Crippen molar-refractivity contribution < 1.29 is 0 Å². The largest absolute Gasteiger partial charge is 0.370 e. The minimum Gasteiger partial charge on any atom is -0.370 e. The molecule has 1 aromatic heterocycles. The van der Waals surface area contributed by atoms with Crippen LogP contribution in [0.3, 0.4) is 0 Å². The summed E-state index contributed by atoms with van der Waals surface area (Å²) in [7, 11) is 0. The molecular formula is C15H26IN3S. The monoisotopic (exact) mass is 407 g/mol. The van der Waals surface area contributed by atoms with Gasteiger partial charge in [-0.3, -0.25) is 0 Å². The Bertz CT molecular complexity index is 409. The van der Waals surface area contributed by atoms with Crippen LogP contribution < -0.4 is 11.1 Å². The van der Waals surface area contributed by atoms with Crippen molar-refractivity contribution in [2.45, 2.75) is 64.5 Å². The highest BCUT2D eigenvalue weighted by Crippen LogP contribution is 2.18. The van der Waals surface area contributed by atoms with Gasteiger partial charge in [-0.2, -0.15) is 0 Å². The predicted molar refractivity (Wildman–Crippen MR) is 99.1 cm³/mol. The number of nitrogens with two attached hydrogens (primary N) is 1. The summed E-state index contributed by atoms with van der Waals surface area (Å²) < 4.78 is 0. The van der Waals surface area contributed by atoms with Gasteiger partial charge in [-0.15, -0.1) is 35.3 Å². The van der Waals surface area contributed by atoms with Crippen LogP contribution in [0.1, 0.15) is 55.2 Å². The van der Waals surface area contributed by atoms with Gasteiger partial charge in [0.15, 0.2) is 5.96 Å². The normalized spacial score (nSPS) is 17.4. The maximum Gasteiger partial charge on any atom is 0.189 e. The second kappa shape index (κ2) is 9.60. The molecule has 1 heterocycles. The molecule has 3 nitrogen and oxygen atoms in total. The Morgan fingerprint density at radius 1 is 1.25 bits per heavy atom. The molecule has 1 fully saturated rings. The van der Waals surface area contributed by atoms with Crippen molar-refractivity contribution in [1.29, 1.82) is 0 Å². The molecule has 1 saturated carbocycles. The smallest absolute Gasteiger partial charge is 0.189 e. The topological polar surface area (TPSA) is 50.4 Å². The number of rotatable bonds is 4. The molecular weight excluding hydrogens is 381 g/mol. The van der Waals surface area contributed by atoms with Crippen molar-refractivity contribution >= 4 is 41.3 Å². The molecule has 2 rings (SSSR count). The molecule has 0 saturated heterocycles. The zero-order chi connectivity index (χ0) is 13.5. The molecule has 0 spiro atoms. The molecule has 20 heavy (non-hydrogen) atoms. The van der Waals surface area contributed by atoms with Crippen molar-refractivity contribution in [2.75, 3.05) is 0 Å². The van der Waals surface area contributed by atoms with Crippen LogP contribution in [0.2, 0.25) is 0 Å². The standard InChI is InChI=1S/C15H25N3S.HI/c1-2-13-9-10-14(19-13)11-17-15(16)18-12-7-5-3-4-6-8-12;/h9-10,12H,2-8,11H2,1H3,(H3,16,17,18);1H. The Kier molecular flexibility index (Phi) is 8.52. The average molecular weight is 407 g/mol. The second-order valence-electron chi connectivity index (χ2n) is 5.26. The first-order valence-corrected chi connectivity index (χ1v) is 8.23. The van der Waals surface area contributed by atoms with E-state index in [-0.39, 0.29) is 24.0 Å². The van der Waals surface area contributed by atoms with Crippen molar-refractivity contribution in [3.63, 3.8) is 0 Å². The van der Waals surface area contributed by atoms with Crippen LogP contribution >= 0.6 is 35.3 Å². The average Bonchev–Trinajstić information content (AvgIpc) is 2.73. The molecule has 1 aromatic rings. The maximum atomic E-state index is 5.99. The third kappa shape index (κ3) is 5.99. The molecule has 0 atom stereocenters. The lowest BCUT2D eigenvalue weighted by atomic mass is 10.1. The molecule has 1 aliphatic carbocycles. The Labute approximate surface area is 143 Å². The minimum atomic E-state index is 0. The van der Waals surface area contributed by atoms with E-state index >= 15 is 0 Å². The highest BCUT2D eigenvalue weighted by Gasteiger charge is 2.12. The fraction of sp³-hybridized carbons (Fsp3) is 0.667. The third-order valence-corrected chi connectivity index (χ3v) is 4.89. The molecule has 0 aliphatic heterocycles. The van der Waals surface area contributed by atoms with E-state index in [1.165, 1.54) is 48.3 Å². The quantitative estimate of drug-likeness (QED) is 0.342. The van der Waals surface area contributed by atoms with Crippen molar-refractivity contribution in [3.8, 4) is 0 Å². The Morgan fingerprint density at radius 3 is 2.50 bits per heavy atom. The summed E-state index contributed by atoms with van der Waals surface area (Å²) in [4.78, 5) is 7.17. The summed E-state index contributed by atoms with van der Waals surface area (Å²) in [5, 5.41) is 3.38. The summed E-state index contributed by atoms with van der Waals surface area (Å²) in [6, 6.07) is 4.87. The number of thiophene rings is 1. The molecule has 114 valence electrons. The van der Waals surface area contributed by atoms with Crippen LogP contribution in [0.5, 0.6) is 0 Å². The summed E-state index contributed by atoms with van der Waals surface area (Å²) in [5.41, 5.74) is 5.99. The van der Waals surface area contributed by atoms with Gasteiger partial charge in [-0.25, -0.2) is 4.99 Å². The zero-order valence-corrected chi connectivity index (χ0v) is 15.4. The number of nitrogens with one attached hydrogen (secondary N) is 1. The SMILES string of the molecule is CCc1ccc(CN=C(N)NC2CCCCCC2)s1.I. The van der Waals surface area contributed by atoms with Gasteiger partial charge in [0.05, 0.1) is 6.54 Å². The van der Waals surface area contributed by atoms with E-state index in [4.69, 9.17) is 5.73 Å². The molecule has 0 bridgehead atoms. The van der Waals surface area contributed by atoms with Gasteiger partial charge in [0.25, 0.3) is 0 Å². The van der Waals surface area contributed by atoms with Crippen LogP contribution in [-0.2, 0) is 13.0 Å². The first-order valence-electron chi connectivity index (χ1n) is 7.42. The van der Waals surface area contributed by atoms with Crippen LogP contribution in [0, 0.1) is 0 Å². The number of aliphatic imine (C=N–C) groups is 1. The van der Waals surface area contributed by atoms with Gasteiger partial charge in [0.2, 0.25) is 0 Å². The summed E-state index contributed by atoms with van der Waals surface area (Å²) >= 11 is 1.83. The number of hydrogen-bond acceptors (Lipinski definition) is 2. The maximum absolute atomic E-state index is 5.99. The van der Waals surface area contributed by atoms with Crippen LogP contribution in [0.4, 0.5) is 0 Å². The zero-order valence-electron chi connectivity index (χ0n) is 12.2. The van der Waals surface area contributed by atoms with Gasteiger partial charge in [0, 0.05) is 15.8 Å². The number of nitrogens with zero attached hydrogens (tertiary/aromatic N) is 1. The first kappa shape index (κ1) is 17.8. The molecule has 5 heteroatoms. The van der Waals surface area contributed by atoms with E-state index in [1.807, 2.05) is 11.3 Å². The van der Waals surface area contributed by atoms with Gasteiger partial charge >= 0.3 is 0 Å². The molecule has 0 unspecified atom stereocenters. The van der Waals surface area contributed by atoms with Crippen LogP contribution in [-0.4, -0.2) is 12.0 Å². The Hall–Kier alpha value is -0.300. The molecule has 0 radical (unpaired) electrons. The molecule has 0 amide bonds.